The summed E-state index contributed by atoms with van der Waals surface area (Å²) in [5.74, 6) is -0.0668. The molecule has 18 heavy (non-hydrogen) atoms. The lowest BCUT2D eigenvalue weighted by Crippen LogP contribution is -2.41. The number of amides is 1. The van der Waals surface area contributed by atoms with Crippen molar-refractivity contribution in [3.8, 4) is 0 Å². The van der Waals surface area contributed by atoms with Gasteiger partial charge in [0, 0.05) is 25.8 Å². The third-order valence-electron chi connectivity index (χ3n) is 3.28. The predicted molar refractivity (Wildman–Crippen MR) is 66.9 cm³/mol. The molecule has 1 aliphatic rings. The molecule has 1 aromatic carbocycles. The third kappa shape index (κ3) is 3.07. The highest BCUT2D eigenvalue weighted by molar-refractivity contribution is 5.94. The van der Waals surface area contributed by atoms with Crippen LogP contribution in [0.25, 0.3) is 0 Å². The zero-order valence-electron chi connectivity index (χ0n) is 10.6. The first kappa shape index (κ1) is 13.0. The first-order chi connectivity index (χ1) is 8.70. The fraction of sp³-hybridized carbons (Fsp3) is 0.500. The summed E-state index contributed by atoms with van der Waals surface area (Å²) in [6.45, 7) is 2.12. The number of benzene rings is 1. The molecule has 1 aliphatic heterocycles. The molecule has 2 rings (SSSR count). The Morgan fingerprint density at radius 3 is 3.11 bits per heavy atom. The summed E-state index contributed by atoms with van der Waals surface area (Å²) in [5, 5.41) is 0. The lowest BCUT2D eigenvalue weighted by atomic mass is 9.98. The van der Waals surface area contributed by atoms with Crippen LogP contribution < -0.4 is 0 Å². The summed E-state index contributed by atoms with van der Waals surface area (Å²) < 4.78 is 18.2. The molecule has 1 heterocycles. The number of likely N-dealkylation sites (tertiary alicyclic amines) is 1. The van der Waals surface area contributed by atoms with Crippen LogP contribution in [-0.2, 0) is 4.74 Å². The Bertz CT molecular complexity index is 420. The molecule has 1 aromatic rings. The molecule has 0 bridgehead atoms. The van der Waals surface area contributed by atoms with Crippen LogP contribution in [0.5, 0.6) is 0 Å². The van der Waals surface area contributed by atoms with E-state index in [0.717, 1.165) is 19.4 Å². The lowest BCUT2D eigenvalue weighted by molar-refractivity contribution is 0.0570. The number of carbonyl (C=O) groups is 1. The van der Waals surface area contributed by atoms with E-state index in [1.54, 1.807) is 24.1 Å². The van der Waals surface area contributed by atoms with Crippen LogP contribution in [0.15, 0.2) is 24.3 Å². The number of hydrogen-bond donors (Lipinski definition) is 0. The smallest absolute Gasteiger partial charge is 0.253 e. The van der Waals surface area contributed by atoms with E-state index in [0.29, 0.717) is 24.6 Å². The maximum atomic E-state index is 13.1. The quantitative estimate of drug-likeness (QED) is 0.825. The van der Waals surface area contributed by atoms with Crippen LogP contribution in [-0.4, -0.2) is 37.6 Å². The van der Waals surface area contributed by atoms with Gasteiger partial charge in [0.15, 0.2) is 0 Å². The van der Waals surface area contributed by atoms with Crippen molar-refractivity contribution in [3.05, 3.63) is 35.6 Å². The summed E-state index contributed by atoms with van der Waals surface area (Å²) in [5.41, 5.74) is 0.424. The van der Waals surface area contributed by atoms with E-state index in [2.05, 4.69) is 0 Å². The van der Waals surface area contributed by atoms with Crippen molar-refractivity contribution < 1.29 is 13.9 Å². The Hall–Kier alpha value is -1.42. The number of nitrogens with zero attached hydrogens (tertiary/aromatic N) is 1. The summed E-state index contributed by atoms with van der Waals surface area (Å²) in [7, 11) is 1.67. The van der Waals surface area contributed by atoms with E-state index in [1.165, 1.54) is 12.1 Å². The van der Waals surface area contributed by atoms with E-state index in [1.807, 2.05) is 0 Å². The largest absolute Gasteiger partial charge is 0.384 e. The van der Waals surface area contributed by atoms with Gasteiger partial charge >= 0.3 is 0 Å². The van der Waals surface area contributed by atoms with E-state index < -0.39 is 0 Å². The van der Waals surface area contributed by atoms with Gasteiger partial charge in [-0.25, -0.2) is 4.39 Å². The highest BCUT2D eigenvalue weighted by Crippen LogP contribution is 2.19. The molecule has 4 heteroatoms. The van der Waals surface area contributed by atoms with Gasteiger partial charge in [-0.1, -0.05) is 6.07 Å². The van der Waals surface area contributed by atoms with Crippen molar-refractivity contribution >= 4 is 5.91 Å². The van der Waals surface area contributed by atoms with Gasteiger partial charge in [0.05, 0.1) is 6.61 Å². The second-order valence-electron chi connectivity index (χ2n) is 4.73. The average molecular weight is 251 g/mol. The van der Waals surface area contributed by atoms with Gasteiger partial charge in [-0.05, 0) is 37.0 Å². The van der Waals surface area contributed by atoms with Gasteiger partial charge < -0.3 is 9.64 Å². The summed E-state index contributed by atoms with van der Waals surface area (Å²) >= 11 is 0. The number of piperidine rings is 1. The Morgan fingerprint density at radius 2 is 2.39 bits per heavy atom. The van der Waals surface area contributed by atoms with Crippen molar-refractivity contribution in [2.75, 3.05) is 26.8 Å². The van der Waals surface area contributed by atoms with Crippen molar-refractivity contribution in [3.63, 3.8) is 0 Å². The van der Waals surface area contributed by atoms with Gasteiger partial charge in [-0.15, -0.1) is 0 Å². The third-order valence-corrected chi connectivity index (χ3v) is 3.28. The fourth-order valence-corrected chi connectivity index (χ4v) is 2.43. The zero-order chi connectivity index (χ0) is 13.0. The highest BCUT2D eigenvalue weighted by atomic mass is 19.1. The standard InChI is InChI=1S/C14H18FNO2/c1-18-10-11-4-3-7-16(9-11)14(17)12-5-2-6-13(15)8-12/h2,5-6,8,11H,3-4,7,9-10H2,1H3. The molecular weight excluding hydrogens is 233 g/mol. The maximum Gasteiger partial charge on any atom is 0.253 e. The van der Waals surface area contributed by atoms with Gasteiger partial charge in [0.2, 0.25) is 0 Å². The Kier molecular flexibility index (Phi) is 4.31. The summed E-state index contributed by atoms with van der Waals surface area (Å²) in [4.78, 5) is 14.0. The lowest BCUT2D eigenvalue weighted by Gasteiger charge is -2.32. The first-order valence-electron chi connectivity index (χ1n) is 6.24. The monoisotopic (exact) mass is 251 g/mol. The number of carbonyl (C=O) groups excluding carboxylic acids is 1. The average Bonchev–Trinajstić information content (AvgIpc) is 2.39. The molecule has 98 valence electrons. The molecule has 3 nitrogen and oxygen atoms in total. The van der Waals surface area contributed by atoms with Crippen LogP contribution in [0.4, 0.5) is 4.39 Å². The Labute approximate surface area is 107 Å². The summed E-state index contributed by atoms with van der Waals surface area (Å²) in [6.07, 6.45) is 2.07. The van der Waals surface area contributed by atoms with Gasteiger partial charge in [-0.2, -0.15) is 0 Å². The molecule has 0 spiro atoms. The molecule has 0 saturated carbocycles. The van der Waals surface area contributed by atoms with E-state index in [4.69, 9.17) is 4.74 Å². The minimum absolute atomic E-state index is 0.0877. The maximum absolute atomic E-state index is 13.1. The van der Waals surface area contributed by atoms with Gasteiger partial charge in [-0.3, -0.25) is 4.79 Å². The van der Waals surface area contributed by atoms with Crippen molar-refractivity contribution in [1.82, 2.24) is 4.90 Å². The van der Waals surface area contributed by atoms with Gasteiger partial charge in [0.1, 0.15) is 5.82 Å². The molecule has 1 fully saturated rings. The second-order valence-corrected chi connectivity index (χ2v) is 4.73. The predicted octanol–water partition coefficient (Wildman–Crippen LogP) is 2.32. The number of halogens is 1. The van der Waals surface area contributed by atoms with E-state index in [-0.39, 0.29) is 11.7 Å². The second kappa shape index (κ2) is 5.96. The van der Waals surface area contributed by atoms with Crippen LogP contribution in [0.2, 0.25) is 0 Å². The molecule has 1 atom stereocenters. The Balaban J connectivity index is 2.04. The van der Waals surface area contributed by atoms with Crippen LogP contribution in [0, 0.1) is 11.7 Å². The van der Waals surface area contributed by atoms with Crippen molar-refractivity contribution in [1.29, 1.82) is 0 Å². The van der Waals surface area contributed by atoms with Crippen LogP contribution in [0.1, 0.15) is 23.2 Å². The normalized spacial score (nSPS) is 19.9. The fourth-order valence-electron chi connectivity index (χ4n) is 2.43. The molecule has 1 amide bonds. The number of ether oxygens (including phenoxy) is 1. The molecule has 0 radical (unpaired) electrons. The zero-order valence-corrected chi connectivity index (χ0v) is 10.6. The number of methoxy groups -OCH3 is 1. The SMILES string of the molecule is COCC1CCCN(C(=O)c2cccc(F)c2)C1. The molecule has 1 saturated heterocycles. The van der Waals surface area contributed by atoms with Crippen molar-refractivity contribution in [2.45, 2.75) is 12.8 Å². The number of hydrogen-bond acceptors (Lipinski definition) is 2. The molecule has 1 unspecified atom stereocenters. The molecule has 0 aliphatic carbocycles. The Morgan fingerprint density at radius 1 is 1.56 bits per heavy atom. The van der Waals surface area contributed by atoms with Gasteiger partial charge in [0.25, 0.3) is 5.91 Å². The van der Waals surface area contributed by atoms with E-state index >= 15 is 0 Å². The topological polar surface area (TPSA) is 29.5 Å². The minimum Gasteiger partial charge on any atom is -0.384 e. The van der Waals surface area contributed by atoms with Crippen LogP contribution >= 0.6 is 0 Å². The number of rotatable bonds is 3. The molecule has 0 N–H and O–H groups in total. The highest BCUT2D eigenvalue weighted by Gasteiger charge is 2.24. The summed E-state index contributed by atoms with van der Waals surface area (Å²) in [6, 6.07) is 5.87. The van der Waals surface area contributed by atoms with Crippen LogP contribution in [0.3, 0.4) is 0 Å². The van der Waals surface area contributed by atoms with E-state index in [9.17, 15) is 9.18 Å². The minimum atomic E-state index is -0.369. The first-order valence-corrected chi connectivity index (χ1v) is 6.24. The molecule has 0 aromatic heterocycles. The molecular formula is C14H18FNO2. The van der Waals surface area contributed by atoms with Crippen molar-refractivity contribution in [2.24, 2.45) is 5.92 Å².